The Morgan fingerprint density at radius 3 is 1.83 bits per heavy atom. The summed E-state index contributed by atoms with van der Waals surface area (Å²) in [4.78, 5) is 0. The lowest BCUT2D eigenvalue weighted by Crippen LogP contribution is -2.35. The summed E-state index contributed by atoms with van der Waals surface area (Å²) >= 11 is 0. The molecule has 0 radical (unpaired) electrons. The molecular formula is C16H32O2. The van der Waals surface area contributed by atoms with Gasteiger partial charge in [0.25, 0.3) is 0 Å². The summed E-state index contributed by atoms with van der Waals surface area (Å²) in [6.07, 6.45) is 13.8. The van der Waals surface area contributed by atoms with Crippen molar-refractivity contribution in [3.05, 3.63) is 0 Å². The third-order valence-corrected chi connectivity index (χ3v) is 3.73. The number of hydrogen-bond acceptors (Lipinski definition) is 2. The summed E-state index contributed by atoms with van der Waals surface area (Å²) in [5, 5.41) is 0. The minimum Gasteiger partial charge on any atom is -0.350 e. The van der Waals surface area contributed by atoms with Gasteiger partial charge < -0.3 is 9.47 Å². The molecule has 0 aliphatic carbocycles. The van der Waals surface area contributed by atoms with Crippen molar-refractivity contribution >= 4 is 0 Å². The molecular weight excluding hydrogens is 224 g/mol. The van der Waals surface area contributed by atoms with Crippen LogP contribution in [0.2, 0.25) is 0 Å². The Bertz CT molecular complexity index is 184. The average molecular weight is 256 g/mol. The normalized spacial score (nSPS) is 28.5. The molecule has 1 aliphatic rings. The van der Waals surface area contributed by atoms with Crippen LogP contribution in [0.1, 0.15) is 85.0 Å². The van der Waals surface area contributed by atoms with Gasteiger partial charge in [-0.3, -0.25) is 0 Å². The van der Waals surface area contributed by atoms with Crippen LogP contribution in [0.4, 0.5) is 0 Å². The molecule has 2 atom stereocenters. The molecule has 0 aromatic carbocycles. The molecule has 0 saturated carbocycles. The second-order valence-corrected chi connectivity index (χ2v) is 5.82. The Labute approximate surface area is 113 Å². The third kappa shape index (κ3) is 7.38. The third-order valence-electron chi connectivity index (χ3n) is 3.73. The van der Waals surface area contributed by atoms with Crippen LogP contribution in [-0.2, 0) is 9.47 Å². The standard InChI is InChI=1S/C16H32O2/c1-4-5-6-7-8-9-10-11-12-16-17-14(2)13-15(3)18-16/h14-16H,4-13H2,1-3H3/t14-,15-/m0/s1. The number of rotatable bonds is 9. The zero-order chi connectivity index (χ0) is 13.2. The van der Waals surface area contributed by atoms with E-state index in [4.69, 9.17) is 9.47 Å². The summed E-state index contributed by atoms with van der Waals surface area (Å²) < 4.78 is 11.6. The molecule has 18 heavy (non-hydrogen) atoms. The summed E-state index contributed by atoms with van der Waals surface area (Å²) in [6, 6.07) is 0. The van der Waals surface area contributed by atoms with Gasteiger partial charge in [0.05, 0.1) is 12.2 Å². The highest BCUT2D eigenvalue weighted by Crippen LogP contribution is 2.22. The van der Waals surface area contributed by atoms with Gasteiger partial charge in [0.2, 0.25) is 0 Å². The zero-order valence-corrected chi connectivity index (χ0v) is 12.6. The first-order valence-corrected chi connectivity index (χ1v) is 8.03. The van der Waals surface area contributed by atoms with Crippen LogP contribution in [0.15, 0.2) is 0 Å². The summed E-state index contributed by atoms with van der Waals surface area (Å²) in [7, 11) is 0. The Morgan fingerprint density at radius 1 is 0.778 bits per heavy atom. The molecule has 108 valence electrons. The first-order chi connectivity index (χ1) is 8.72. The molecule has 1 fully saturated rings. The van der Waals surface area contributed by atoms with E-state index >= 15 is 0 Å². The molecule has 0 unspecified atom stereocenters. The largest absolute Gasteiger partial charge is 0.350 e. The highest BCUT2D eigenvalue weighted by molar-refractivity contribution is 4.65. The van der Waals surface area contributed by atoms with Crippen LogP contribution in [0, 0.1) is 0 Å². The average Bonchev–Trinajstić information content (AvgIpc) is 2.31. The topological polar surface area (TPSA) is 18.5 Å². The van der Waals surface area contributed by atoms with Crippen LogP contribution >= 0.6 is 0 Å². The van der Waals surface area contributed by atoms with E-state index in [1.54, 1.807) is 0 Å². The van der Waals surface area contributed by atoms with Crippen LogP contribution in [0.5, 0.6) is 0 Å². The quantitative estimate of drug-likeness (QED) is 0.537. The van der Waals surface area contributed by atoms with Crippen molar-refractivity contribution in [1.29, 1.82) is 0 Å². The van der Waals surface area contributed by atoms with Gasteiger partial charge in [0.1, 0.15) is 0 Å². The second kappa shape index (κ2) is 9.80. The lowest BCUT2D eigenvalue weighted by atomic mass is 10.1. The predicted octanol–water partition coefficient (Wildman–Crippen LogP) is 5.06. The van der Waals surface area contributed by atoms with Crippen molar-refractivity contribution in [2.24, 2.45) is 0 Å². The van der Waals surface area contributed by atoms with E-state index in [9.17, 15) is 0 Å². The Balaban J connectivity index is 1.91. The van der Waals surface area contributed by atoms with Crippen LogP contribution in [0.3, 0.4) is 0 Å². The van der Waals surface area contributed by atoms with Gasteiger partial charge in [-0.2, -0.15) is 0 Å². The second-order valence-electron chi connectivity index (χ2n) is 5.82. The molecule has 0 aromatic heterocycles. The van der Waals surface area contributed by atoms with Crippen molar-refractivity contribution in [3.63, 3.8) is 0 Å². The molecule has 2 nitrogen and oxygen atoms in total. The summed E-state index contributed by atoms with van der Waals surface area (Å²) in [5.74, 6) is 0. The van der Waals surface area contributed by atoms with E-state index in [0.717, 1.165) is 12.8 Å². The lowest BCUT2D eigenvalue weighted by Gasteiger charge is -2.32. The van der Waals surface area contributed by atoms with Crippen LogP contribution in [-0.4, -0.2) is 18.5 Å². The number of ether oxygens (including phenoxy) is 2. The van der Waals surface area contributed by atoms with Gasteiger partial charge in [0.15, 0.2) is 6.29 Å². The van der Waals surface area contributed by atoms with Gasteiger partial charge in [-0.15, -0.1) is 0 Å². The Kier molecular flexibility index (Phi) is 8.70. The minimum atomic E-state index is 0.0591. The molecule has 0 N–H and O–H groups in total. The molecule has 1 aliphatic heterocycles. The maximum Gasteiger partial charge on any atom is 0.158 e. The van der Waals surface area contributed by atoms with Crippen molar-refractivity contribution < 1.29 is 9.47 Å². The maximum absolute atomic E-state index is 5.79. The van der Waals surface area contributed by atoms with Gasteiger partial charge in [-0.25, -0.2) is 0 Å². The van der Waals surface area contributed by atoms with Crippen LogP contribution in [0.25, 0.3) is 0 Å². The molecule has 1 saturated heterocycles. The van der Waals surface area contributed by atoms with E-state index in [-0.39, 0.29) is 6.29 Å². The van der Waals surface area contributed by atoms with Gasteiger partial charge in [-0.1, -0.05) is 51.9 Å². The van der Waals surface area contributed by atoms with Gasteiger partial charge >= 0.3 is 0 Å². The summed E-state index contributed by atoms with van der Waals surface area (Å²) in [6.45, 7) is 6.58. The van der Waals surface area contributed by atoms with Crippen molar-refractivity contribution in [3.8, 4) is 0 Å². The molecule has 0 aromatic rings. The molecule has 1 heterocycles. The Morgan fingerprint density at radius 2 is 1.28 bits per heavy atom. The summed E-state index contributed by atoms with van der Waals surface area (Å²) in [5.41, 5.74) is 0. The monoisotopic (exact) mass is 256 g/mol. The first-order valence-electron chi connectivity index (χ1n) is 8.03. The van der Waals surface area contributed by atoms with Crippen molar-refractivity contribution in [2.45, 2.75) is 103 Å². The molecule has 2 heteroatoms. The highest BCUT2D eigenvalue weighted by atomic mass is 16.7. The molecule has 0 bridgehead atoms. The number of hydrogen-bond donors (Lipinski definition) is 0. The van der Waals surface area contributed by atoms with Gasteiger partial charge in [-0.05, 0) is 33.1 Å². The van der Waals surface area contributed by atoms with E-state index in [1.807, 2.05) is 0 Å². The predicted molar refractivity (Wildman–Crippen MR) is 76.7 cm³/mol. The highest BCUT2D eigenvalue weighted by Gasteiger charge is 2.24. The van der Waals surface area contributed by atoms with E-state index in [2.05, 4.69) is 20.8 Å². The van der Waals surface area contributed by atoms with Crippen molar-refractivity contribution in [1.82, 2.24) is 0 Å². The SMILES string of the molecule is CCCCCCCCCCC1O[C@@H](C)C[C@H](C)O1. The van der Waals surface area contributed by atoms with Crippen LogP contribution < -0.4 is 0 Å². The molecule has 1 rings (SSSR count). The van der Waals surface area contributed by atoms with E-state index in [0.29, 0.717) is 12.2 Å². The van der Waals surface area contributed by atoms with Crippen molar-refractivity contribution in [2.75, 3.05) is 0 Å². The maximum atomic E-state index is 5.79. The molecule has 0 amide bonds. The van der Waals surface area contributed by atoms with E-state index < -0.39 is 0 Å². The molecule has 0 spiro atoms. The van der Waals surface area contributed by atoms with Gasteiger partial charge in [0, 0.05) is 0 Å². The minimum absolute atomic E-state index is 0.0591. The fraction of sp³-hybridized carbons (Fsp3) is 1.00. The zero-order valence-electron chi connectivity index (χ0n) is 12.6. The Hall–Kier alpha value is -0.0800. The smallest absolute Gasteiger partial charge is 0.158 e. The fourth-order valence-corrected chi connectivity index (χ4v) is 2.71. The number of unbranched alkanes of at least 4 members (excludes halogenated alkanes) is 7. The van der Waals surface area contributed by atoms with E-state index in [1.165, 1.54) is 51.4 Å². The lowest BCUT2D eigenvalue weighted by molar-refractivity contribution is -0.236. The first kappa shape index (κ1) is 16.0. The fourth-order valence-electron chi connectivity index (χ4n) is 2.71.